The van der Waals surface area contributed by atoms with E-state index >= 15 is 0 Å². The number of rotatable bonds is 2. The van der Waals surface area contributed by atoms with E-state index < -0.39 is 11.0 Å². The average Bonchev–Trinajstić information content (AvgIpc) is 2.77. The Bertz CT molecular complexity index is 823. The molecule has 0 unspecified atom stereocenters. The second-order valence-electron chi connectivity index (χ2n) is 5.15. The molecule has 0 atom stereocenters. The van der Waals surface area contributed by atoms with Crippen LogP contribution >= 0.6 is 0 Å². The molecule has 6 nitrogen and oxygen atoms in total. The molecule has 0 radical (unpaired) electrons. The van der Waals surface area contributed by atoms with Crippen molar-refractivity contribution in [2.24, 2.45) is 0 Å². The van der Waals surface area contributed by atoms with E-state index in [9.17, 15) is 14.9 Å². The Hall–Kier alpha value is -3.02. The molecule has 2 aromatic rings. The van der Waals surface area contributed by atoms with Gasteiger partial charge in [0, 0.05) is 23.8 Å². The standard InChI is InChI=1S/C16H13N2O4/c1-10-7-11(2)15-14(8-10)17(16(19)22-15)9-12-3-5-13(6-4-12)18(20)21/h3-9H,1-2H3/q+1/b17-9+. The number of amides is 1. The van der Waals surface area contributed by atoms with Crippen LogP contribution in [0.5, 0.6) is 5.75 Å². The van der Waals surface area contributed by atoms with E-state index in [1.807, 2.05) is 26.0 Å². The second-order valence-corrected chi connectivity index (χ2v) is 5.15. The molecule has 3 rings (SSSR count). The molecule has 1 aliphatic heterocycles. The molecule has 0 aromatic heterocycles. The minimum absolute atomic E-state index is 0.00763. The normalized spacial score (nSPS) is 14.8. The van der Waals surface area contributed by atoms with Gasteiger partial charge in [-0.15, -0.1) is 0 Å². The molecule has 1 aliphatic rings. The maximum atomic E-state index is 12.0. The number of carbonyl (C=O) groups excluding carboxylic acids is 1. The molecule has 0 N–H and O–H groups in total. The van der Waals surface area contributed by atoms with Gasteiger partial charge in [-0.3, -0.25) is 10.1 Å². The first-order valence-corrected chi connectivity index (χ1v) is 6.67. The molecule has 6 heteroatoms. The largest absolute Gasteiger partial charge is 0.608 e. The lowest BCUT2D eigenvalue weighted by Crippen LogP contribution is -2.14. The van der Waals surface area contributed by atoms with Crippen molar-refractivity contribution in [1.29, 1.82) is 0 Å². The summed E-state index contributed by atoms with van der Waals surface area (Å²) < 4.78 is 6.70. The van der Waals surface area contributed by atoms with Crippen LogP contribution in [0.25, 0.3) is 0 Å². The first-order chi connectivity index (χ1) is 10.5. The summed E-state index contributed by atoms with van der Waals surface area (Å²) in [5.74, 6) is 0.550. The summed E-state index contributed by atoms with van der Waals surface area (Å²) in [5.41, 5.74) is 3.28. The summed E-state index contributed by atoms with van der Waals surface area (Å²) in [6, 6.07) is 9.79. The lowest BCUT2D eigenvalue weighted by Gasteiger charge is -1.98. The molecule has 1 amide bonds. The highest BCUT2D eigenvalue weighted by atomic mass is 16.6. The number of hydrogen-bond acceptors (Lipinski definition) is 4. The molecular formula is C16H13N2O4+. The Morgan fingerprint density at radius 2 is 1.86 bits per heavy atom. The number of nitro benzene ring substituents is 1. The number of fused-ring (bicyclic) bond motifs is 1. The number of nitro groups is 1. The molecule has 1 heterocycles. The number of nitrogens with zero attached hydrogens (tertiary/aromatic N) is 2. The predicted molar refractivity (Wildman–Crippen MR) is 80.1 cm³/mol. The molecule has 0 saturated carbocycles. The van der Waals surface area contributed by atoms with Gasteiger partial charge in [-0.2, -0.15) is 4.79 Å². The number of hydrogen-bond donors (Lipinski definition) is 0. The van der Waals surface area contributed by atoms with Crippen molar-refractivity contribution < 1.29 is 19.0 Å². The van der Waals surface area contributed by atoms with Crippen LogP contribution in [-0.4, -0.2) is 21.8 Å². The lowest BCUT2D eigenvalue weighted by molar-refractivity contribution is -0.384. The van der Waals surface area contributed by atoms with Crippen molar-refractivity contribution in [2.45, 2.75) is 13.8 Å². The molecule has 0 saturated heterocycles. The fourth-order valence-corrected chi connectivity index (χ4v) is 2.43. The highest BCUT2D eigenvalue weighted by Crippen LogP contribution is 2.37. The van der Waals surface area contributed by atoms with Crippen molar-refractivity contribution in [3.63, 3.8) is 0 Å². The monoisotopic (exact) mass is 297 g/mol. The van der Waals surface area contributed by atoms with Crippen molar-refractivity contribution in [1.82, 2.24) is 0 Å². The smallest absolute Gasteiger partial charge is 0.365 e. The van der Waals surface area contributed by atoms with Crippen molar-refractivity contribution >= 4 is 23.7 Å². The van der Waals surface area contributed by atoms with Gasteiger partial charge in [0.15, 0.2) is 6.21 Å². The van der Waals surface area contributed by atoms with Gasteiger partial charge in [-0.1, -0.05) is 10.6 Å². The topological polar surface area (TPSA) is 72.5 Å². The minimum atomic E-state index is -0.484. The highest BCUT2D eigenvalue weighted by Gasteiger charge is 2.37. The maximum Gasteiger partial charge on any atom is 0.608 e. The van der Waals surface area contributed by atoms with Crippen LogP contribution in [0.4, 0.5) is 16.2 Å². The molecule has 0 fully saturated rings. The third kappa shape index (κ3) is 2.35. The zero-order chi connectivity index (χ0) is 15.9. The molecule has 0 aliphatic carbocycles. The third-order valence-corrected chi connectivity index (χ3v) is 3.43. The predicted octanol–water partition coefficient (Wildman–Crippen LogP) is 3.49. The van der Waals surface area contributed by atoms with Gasteiger partial charge in [-0.25, -0.2) is 0 Å². The first kappa shape index (κ1) is 13.9. The second kappa shape index (κ2) is 5.07. The van der Waals surface area contributed by atoms with E-state index in [-0.39, 0.29) is 5.69 Å². The van der Waals surface area contributed by atoms with E-state index in [0.29, 0.717) is 17.0 Å². The lowest BCUT2D eigenvalue weighted by atomic mass is 10.1. The quantitative estimate of drug-likeness (QED) is 0.483. The van der Waals surface area contributed by atoms with Gasteiger partial charge in [0.25, 0.3) is 11.4 Å². The number of ether oxygens (including phenoxy) is 1. The Labute approximate surface area is 126 Å². The fourth-order valence-electron chi connectivity index (χ4n) is 2.43. The summed E-state index contributed by atoms with van der Waals surface area (Å²) >= 11 is 0. The van der Waals surface area contributed by atoms with E-state index in [0.717, 1.165) is 11.1 Å². The van der Waals surface area contributed by atoms with Crippen molar-refractivity contribution in [3.05, 3.63) is 63.2 Å². The van der Waals surface area contributed by atoms with Gasteiger partial charge < -0.3 is 4.74 Å². The maximum absolute atomic E-state index is 12.0. The third-order valence-electron chi connectivity index (χ3n) is 3.43. The Morgan fingerprint density at radius 3 is 2.50 bits per heavy atom. The molecule has 22 heavy (non-hydrogen) atoms. The zero-order valence-corrected chi connectivity index (χ0v) is 12.1. The van der Waals surface area contributed by atoms with E-state index in [1.165, 1.54) is 16.7 Å². The summed E-state index contributed by atoms with van der Waals surface area (Å²) in [7, 11) is 0. The molecule has 0 spiro atoms. The van der Waals surface area contributed by atoms with Gasteiger partial charge in [0.1, 0.15) is 0 Å². The van der Waals surface area contributed by atoms with Crippen LogP contribution in [0.2, 0.25) is 0 Å². The van der Waals surface area contributed by atoms with Crippen LogP contribution in [0.15, 0.2) is 36.4 Å². The van der Waals surface area contributed by atoms with Crippen LogP contribution in [0, 0.1) is 24.0 Å². The highest BCUT2D eigenvalue weighted by molar-refractivity contribution is 5.86. The van der Waals surface area contributed by atoms with Crippen LogP contribution in [-0.2, 0) is 0 Å². The van der Waals surface area contributed by atoms with Gasteiger partial charge in [-0.05, 0) is 37.1 Å². The van der Waals surface area contributed by atoms with Gasteiger partial charge in [0.2, 0.25) is 5.75 Å². The Morgan fingerprint density at radius 1 is 1.18 bits per heavy atom. The summed E-state index contributed by atoms with van der Waals surface area (Å²) in [5, 5.41) is 10.7. The minimum Gasteiger partial charge on any atom is -0.365 e. The van der Waals surface area contributed by atoms with Gasteiger partial charge >= 0.3 is 6.09 Å². The van der Waals surface area contributed by atoms with Crippen molar-refractivity contribution in [3.8, 4) is 5.75 Å². The fraction of sp³-hybridized carbons (Fsp3) is 0.125. The molecular weight excluding hydrogens is 284 g/mol. The van der Waals surface area contributed by atoms with E-state index in [1.54, 1.807) is 18.3 Å². The number of aryl methyl sites for hydroxylation is 2. The molecule has 110 valence electrons. The Kier molecular flexibility index (Phi) is 3.21. The van der Waals surface area contributed by atoms with Crippen molar-refractivity contribution in [2.75, 3.05) is 0 Å². The first-order valence-electron chi connectivity index (χ1n) is 6.67. The average molecular weight is 297 g/mol. The van der Waals surface area contributed by atoms with Crippen LogP contribution in [0.3, 0.4) is 0 Å². The molecule has 0 bridgehead atoms. The van der Waals surface area contributed by atoms with Crippen LogP contribution < -0.4 is 4.74 Å². The van der Waals surface area contributed by atoms with Crippen LogP contribution in [0.1, 0.15) is 16.7 Å². The summed E-state index contributed by atoms with van der Waals surface area (Å²) in [6.07, 6.45) is 1.12. The van der Waals surface area contributed by atoms with E-state index in [4.69, 9.17) is 4.74 Å². The van der Waals surface area contributed by atoms with Gasteiger partial charge in [0.05, 0.1) is 4.92 Å². The summed E-state index contributed by atoms with van der Waals surface area (Å²) in [4.78, 5) is 22.2. The molecule has 2 aromatic carbocycles. The number of benzene rings is 2. The van der Waals surface area contributed by atoms with E-state index in [2.05, 4.69) is 0 Å². The zero-order valence-electron chi connectivity index (χ0n) is 12.1. The SMILES string of the molecule is Cc1cc(C)c2c(c1)/[N+](=C\c1ccc([N+](=O)[O-])cc1)C(=O)O2. The summed E-state index contributed by atoms with van der Waals surface area (Å²) in [6.45, 7) is 3.83. The number of carbonyl (C=O) groups is 1. The number of non-ortho nitro benzene ring substituents is 1. The Balaban J connectivity index is 2.06.